The highest BCUT2D eigenvalue weighted by molar-refractivity contribution is 6.31. The van der Waals surface area contributed by atoms with Gasteiger partial charge in [0.2, 0.25) is 0 Å². The van der Waals surface area contributed by atoms with Crippen LogP contribution in [-0.2, 0) is 13.2 Å². The molecule has 4 aromatic rings. The number of hydrogen-bond acceptors (Lipinski definition) is 5. The first-order chi connectivity index (χ1) is 16.4. The molecule has 0 saturated carbocycles. The van der Waals surface area contributed by atoms with Gasteiger partial charge in [0, 0.05) is 22.8 Å². The quantitative estimate of drug-likeness (QED) is 0.262. The van der Waals surface area contributed by atoms with Crippen molar-refractivity contribution in [2.75, 3.05) is 5.32 Å². The van der Waals surface area contributed by atoms with E-state index in [0.717, 1.165) is 11.1 Å². The van der Waals surface area contributed by atoms with Crippen molar-refractivity contribution in [3.63, 3.8) is 0 Å². The molecule has 1 N–H and O–H groups in total. The minimum atomic E-state index is -0.474. The number of rotatable bonds is 8. The third-order valence-electron chi connectivity index (χ3n) is 5.08. The molecule has 0 atom stereocenters. The molecule has 1 heterocycles. The van der Waals surface area contributed by atoms with Gasteiger partial charge in [-0.05, 0) is 47.9 Å². The topological polar surface area (TPSA) is 99.3 Å². The van der Waals surface area contributed by atoms with Gasteiger partial charge in [-0.1, -0.05) is 48.0 Å². The summed E-state index contributed by atoms with van der Waals surface area (Å²) >= 11 is 6.20. The molecule has 172 valence electrons. The number of nitro groups is 1. The predicted molar refractivity (Wildman–Crippen MR) is 129 cm³/mol. The van der Waals surface area contributed by atoms with Crippen LogP contribution in [0.5, 0.6) is 5.75 Å². The number of halogens is 1. The molecule has 0 aliphatic carbocycles. The van der Waals surface area contributed by atoms with Crippen LogP contribution in [0.2, 0.25) is 5.02 Å². The molecule has 0 aliphatic heterocycles. The molecular weight excluding hydrogens is 456 g/mol. The Morgan fingerprint density at radius 3 is 2.76 bits per heavy atom. The zero-order valence-electron chi connectivity index (χ0n) is 18.3. The predicted octanol–water partition coefficient (Wildman–Crippen LogP) is 5.63. The van der Waals surface area contributed by atoms with Gasteiger partial charge in [-0.3, -0.25) is 19.6 Å². The van der Waals surface area contributed by atoms with Crippen LogP contribution in [0.1, 0.15) is 27.0 Å². The Morgan fingerprint density at radius 2 is 1.97 bits per heavy atom. The van der Waals surface area contributed by atoms with Crippen LogP contribution >= 0.6 is 11.6 Å². The Morgan fingerprint density at radius 1 is 1.15 bits per heavy atom. The lowest BCUT2D eigenvalue weighted by Crippen LogP contribution is -2.12. The van der Waals surface area contributed by atoms with Gasteiger partial charge in [0.1, 0.15) is 6.61 Å². The molecule has 8 nitrogen and oxygen atoms in total. The average molecular weight is 477 g/mol. The monoisotopic (exact) mass is 476 g/mol. The molecular formula is C25H21ClN4O4. The molecule has 0 unspecified atom stereocenters. The zero-order valence-corrected chi connectivity index (χ0v) is 19.0. The van der Waals surface area contributed by atoms with Crippen molar-refractivity contribution >= 4 is 28.9 Å². The Balaban J connectivity index is 1.40. The van der Waals surface area contributed by atoms with Gasteiger partial charge in [0.15, 0.2) is 5.75 Å². The van der Waals surface area contributed by atoms with Gasteiger partial charge in [-0.2, -0.15) is 5.10 Å². The average Bonchev–Trinajstić information content (AvgIpc) is 3.26. The van der Waals surface area contributed by atoms with Crippen LogP contribution in [0.4, 0.5) is 11.4 Å². The van der Waals surface area contributed by atoms with Gasteiger partial charge in [0.05, 0.1) is 23.4 Å². The number of nitro benzene ring substituents is 1. The second-order valence-corrected chi connectivity index (χ2v) is 8.10. The van der Waals surface area contributed by atoms with Crippen LogP contribution in [0.15, 0.2) is 79.1 Å². The summed E-state index contributed by atoms with van der Waals surface area (Å²) in [6, 6.07) is 19.2. The first kappa shape index (κ1) is 23.0. The number of aryl methyl sites for hydroxylation is 1. The van der Waals surface area contributed by atoms with Gasteiger partial charge in [-0.15, -0.1) is 0 Å². The Bertz CT molecular complexity index is 1350. The van der Waals surface area contributed by atoms with Crippen LogP contribution in [0.3, 0.4) is 0 Å². The third kappa shape index (κ3) is 5.60. The van der Waals surface area contributed by atoms with E-state index in [-0.39, 0.29) is 24.0 Å². The largest absolute Gasteiger partial charge is 0.482 e. The molecule has 4 rings (SSSR count). The fourth-order valence-electron chi connectivity index (χ4n) is 3.37. The fraction of sp³-hybridized carbons (Fsp3) is 0.120. The smallest absolute Gasteiger partial charge is 0.311 e. The van der Waals surface area contributed by atoms with E-state index in [4.69, 9.17) is 16.3 Å². The summed E-state index contributed by atoms with van der Waals surface area (Å²) in [5, 5.41) is 19.0. The SMILES string of the molecule is Cc1ccc(OCc2cccc(C(=O)Nc3cnn(Cc4ccccc4Cl)c3)c2)c([N+](=O)[O-])c1. The first-order valence-electron chi connectivity index (χ1n) is 10.4. The summed E-state index contributed by atoms with van der Waals surface area (Å²) in [4.78, 5) is 23.6. The zero-order chi connectivity index (χ0) is 24.1. The van der Waals surface area contributed by atoms with Crippen molar-refractivity contribution in [2.45, 2.75) is 20.1 Å². The van der Waals surface area contributed by atoms with E-state index in [0.29, 0.717) is 28.4 Å². The van der Waals surface area contributed by atoms with E-state index in [1.54, 1.807) is 60.4 Å². The number of anilines is 1. The van der Waals surface area contributed by atoms with Gasteiger partial charge < -0.3 is 10.1 Å². The molecule has 9 heteroatoms. The Labute approximate surface area is 200 Å². The second-order valence-electron chi connectivity index (χ2n) is 7.69. The summed E-state index contributed by atoms with van der Waals surface area (Å²) in [6.07, 6.45) is 3.29. The van der Waals surface area contributed by atoms with E-state index in [1.165, 1.54) is 6.07 Å². The van der Waals surface area contributed by atoms with Crippen molar-refractivity contribution < 1.29 is 14.5 Å². The van der Waals surface area contributed by atoms with Crippen molar-refractivity contribution in [2.24, 2.45) is 0 Å². The molecule has 0 aliphatic rings. The summed E-state index contributed by atoms with van der Waals surface area (Å²) in [7, 11) is 0. The number of carbonyl (C=O) groups is 1. The van der Waals surface area contributed by atoms with Gasteiger partial charge in [-0.25, -0.2) is 0 Å². The molecule has 0 spiro atoms. The van der Waals surface area contributed by atoms with E-state index in [1.807, 2.05) is 24.3 Å². The highest BCUT2D eigenvalue weighted by Gasteiger charge is 2.16. The molecule has 34 heavy (non-hydrogen) atoms. The lowest BCUT2D eigenvalue weighted by Gasteiger charge is -2.09. The maximum atomic E-state index is 12.7. The van der Waals surface area contributed by atoms with Crippen LogP contribution in [0.25, 0.3) is 0 Å². The fourth-order valence-corrected chi connectivity index (χ4v) is 3.57. The highest BCUT2D eigenvalue weighted by Crippen LogP contribution is 2.28. The lowest BCUT2D eigenvalue weighted by molar-refractivity contribution is -0.386. The maximum absolute atomic E-state index is 12.7. The summed E-state index contributed by atoms with van der Waals surface area (Å²) in [6.45, 7) is 2.34. The second kappa shape index (κ2) is 10.2. The highest BCUT2D eigenvalue weighted by atomic mass is 35.5. The molecule has 0 radical (unpaired) electrons. The first-order valence-corrected chi connectivity index (χ1v) is 10.8. The van der Waals surface area contributed by atoms with Crippen LogP contribution in [-0.4, -0.2) is 20.6 Å². The van der Waals surface area contributed by atoms with Crippen molar-refractivity contribution in [3.8, 4) is 5.75 Å². The molecule has 0 fully saturated rings. The van der Waals surface area contributed by atoms with E-state index in [2.05, 4.69) is 10.4 Å². The van der Waals surface area contributed by atoms with Crippen molar-refractivity contribution in [1.29, 1.82) is 0 Å². The number of nitrogens with zero attached hydrogens (tertiary/aromatic N) is 3. The van der Waals surface area contributed by atoms with Crippen LogP contribution < -0.4 is 10.1 Å². The van der Waals surface area contributed by atoms with Crippen LogP contribution in [0, 0.1) is 17.0 Å². The molecule has 1 aromatic heterocycles. The van der Waals surface area contributed by atoms with E-state index in [9.17, 15) is 14.9 Å². The minimum absolute atomic E-state index is 0.0841. The number of carbonyl (C=O) groups excluding carboxylic acids is 1. The molecule has 0 saturated heterocycles. The Hall–Kier alpha value is -4.17. The lowest BCUT2D eigenvalue weighted by atomic mass is 10.1. The normalized spacial score (nSPS) is 10.6. The summed E-state index contributed by atoms with van der Waals surface area (Å²) in [5.74, 6) is -0.128. The molecule has 3 aromatic carbocycles. The Kier molecular flexibility index (Phi) is 6.89. The van der Waals surface area contributed by atoms with Crippen molar-refractivity contribution in [1.82, 2.24) is 9.78 Å². The third-order valence-corrected chi connectivity index (χ3v) is 5.44. The van der Waals surface area contributed by atoms with Gasteiger partial charge in [0.25, 0.3) is 5.91 Å². The number of benzene rings is 3. The number of hydrogen-bond donors (Lipinski definition) is 1. The number of aromatic nitrogens is 2. The number of nitrogens with one attached hydrogen (secondary N) is 1. The van der Waals surface area contributed by atoms with E-state index >= 15 is 0 Å². The molecule has 1 amide bonds. The summed E-state index contributed by atoms with van der Waals surface area (Å²) in [5.41, 5.74) is 3.28. The molecule has 0 bridgehead atoms. The van der Waals surface area contributed by atoms with E-state index < -0.39 is 4.92 Å². The number of amides is 1. The number of ether oxygens (including phenoxy) is 1. The minimum Gasteiger partial charge on any atom is -0.482 e. The van der Waals surface area contributed by atoms with Crippen molar-refractivity contribution in [3.05, 3.63) is 117 Å². The standard InChI is InChI=1S/C25H21ClN4O4/c1-17-9-10-24(23(11-17)30(32)33)34-16-18-5-4-7-19(12-18)25(31)28-21-13-27-29(15-21)14-20-6-2-3-8-22(20)26/h2-13,15H,14,16H2,1H3,(H,28,31). The van der Waals surface area contributed by atoms with Gasteiger partial charge >= 0.3 is 5.69 Å². The maximum Gasteiger partial charge on any atom is 0.311 e. The summed E-state index contributed by atoms with van der Waals surface area (Å²) < 4.78 is 7.35.